The number of aliphatic hydroxyl groups is 2. The maximum absolute atomic E-state index is 12.6. The van der Waals surface area contributed by atoms with Crippen LogP contribution in [-0.4, -0.2) is 108 Å². The number of alkyl carbamates (subject to hydrolysis) is 1. The summed E-state index contributed by atoms with van der Waals surface area (Å²) < 4.78 is 45.1. The number of aliphatic carboxylic acids is 1. The Labute approximate surface area is 367 Å². The van der Waals surface area contributed by atoms with Crippen LogP contribution in [0.3, 0.4) is 0 Å². The molecule has 322 valence electrons. The fourth-order valence-corrected chi connectivity index (χ4v) is 10.8. The van der Waals surface area contributed by atoms with Crippen molar-refractivity contribution in [1.29, 1.82) is 0 Å². The predicted octanol–water partition coefficient (Wildman–Crippen LogP) is 1.53. The van der Waals surface area contributed by atoms with Crippen molar-refractivity contribution >= 4 is 12.1 Å². The van der Waals surface area contributed by atoms with E-state index in [1.807, 2.05) is 51.1 Å². The zero-order chi connectivity index (χ0) is 41.5. The van der Waals surface area contributed by atoms with E-state index in [0.29, 0.717) is 38.6 Å². The largest absolute Gasteiger partial charge is 1.00 e. The zero-order valence-corrected chi connectivity index (χ0v) is 38.4. The van der Waals surface area contributed by atoms with Gasteiger partial charge >= 0.3 is 35.7 Å². The molecule has 1 amide bonds. The molecule has 17 atom stereocenters. The Kier molecular flexibility index (Phi) is 15.6. The second kappa shape index (κ2) is 18.9. The summed E-state index contributed by atoms with van der Waals surface area (Å²) in [5.74, 6) is -5.36. The summed E-state index contributed by atoms with van der Waals surface area (Å²) in [5, 5.41) is 37.6. The second-order valence-electron chi connectivity index (χ2n) is 18.8. The van der Waals surface area contributed by atoms with Crippen molar-refractivity contribution in [2.75, 3.05) is 20.3 Å². The molecule has 5 aliphatic heterocycles. The molecule has 1 spiro atoms. The van der Waals surface area contributed by atoms with Crippen molar-refractivity contribution in [2.24, 2.45) is 35.5 Å². The molecule has 0 aliphatic carbocycles. The van der Waals surface area contributed by atoms with Gasteiger partial charge in [0.2, 0.25) is 5.79 Å². The van der Waals surface area contributed by atoms with Crippen molar-refractivity contribution in [2.45, 2.75) is 172 Å². The number of methoxy groups -OCH3 is 1. The Hall–Kier alpha value is -1.36. The fraction of sp³-hybridized carbons (Fsp3) is 0.818. The van der Waals surface area contributed by atoms with Gasteiger partial charge in [0.15, 0.2) is 5.79 Å². The van der Waals surface area contributed by atoms with Gasteiger partial charge in [-0.3, -0.25) is 0 Å². The first kappa shape index (κ1) is 47.7. The molecule has 5 aliphatic rings. The smallest absolute Gasteiger partial charge is 0.550 e. The van der Waals surface area contributed by atoms with Crippen LogP contribution in [0.1, 0.15) is 106 Å². The Morgan fingerprint density at radius 2 is 1.69 bits per heavy atom. The molecule has 17 unspecified atom stereocenters. The quantitative estimate of drug-likeness (QED) is 0.245. The summed E-state index contributed by atoms with van der Waals surface area (Å²) >= 11 is 0. The van der Waals surface area contributed by atoms with Gasteiger partial charge in [0.1, 0.15) is 6.61 Å². The van der Waals surface area contributed by atoms with E-state index in [0.717, 1.165) is 24.8 Å². The van der Waals surface area contributed by atoms with E-state index in [2.05, 4.69) is 33.0 Å². The number of amides is 1. The van der Waals surface area contributed by atoms with Crippen LogP contribution in [0.25, 0.3) is 0 Å². The van der Waals surface area contributed by atoms with Crippen molar-refractivity contribution in [1.82, 2.24) is 5.32 Å². The van der Waals surface area contributed by atoms with Gasteiger partial charge < -0.3 is 58.6 Å². The van der Waals surface area contributed by atoms with E-state index in [4.69, 9.17) is 33.2 Å². The average molecular weight is 826 g/mol. The summed E-state index contributed by atoms with van der Waals surface area (Å²) in [4.78, 5) is 24.4. The monoisotopic (exact) mass is 825 g/mol. The van der Waals surface area contributed by atoms with Gasteiger partial charge in [-0.1, -0.05) is 71.9 Å². The van der Waals surface area contributed by atoms with Crippen molar-refractivity contribution in [3.8, 4) is 0 Å². The van der Waals surface area contributed by atoms with Gasteiger partial charge in [0.25, 0.3) is 0 Å². The number of carboxylic acid groups (broad SMARTS) is 1. The second-order valence-corrected chi connectivity index (χ2v) is 18.8. The number of ether oxygens (including phenoxy) is 7. The van der Waals surface area contributed by atoms with E-state index < -0.39 is 65.2 Å². The third kappa shape index (κ3) is 9.96. The standard InChI is InChI=1S/C44H69NO12.Na/c1-25-21-27(3)44(50,24-52-40(49)45-20-16-31-13-11-10-12-14-31)56-35(25)33-22-26(2)38(53-33)42(8)17-15-34(54-42)41(7)18-19-43(57-41)23-32(46)28(4)37(55-43)29(5)36(51-9)30(6)39(47)48;/h10-14,25-30,32-38,46,50H,15-24H2,1-9H3,(H,45,49)(H,47,48);/q;+1/p-1. The van der Waals surface area contributed by atoms with Crippen LogP contribution < -0.4 is 40.0 Å². The minimum Gasteiger partial charge on any atom is -0.550 e. The van der Waals surface area contributed by atoms with E-state index in [-0.39, 0.29) is 84.1 Å². The number of carbonyl (C=O) groups is 2. The molecule has 6 rings (SSSR count). The van der Waals surface area contributed by atoms with Gasteiger partial charge in [-0.25, -0.2) is 4.79 Å². The number of aliphatic hydroxyl groups excluding tert-OH is 1. The van der Waals surface area contributed by atoms with Crippen LogP contribution in [0.4, 0.5) is 4.79 Å². The van der Waals surface area contributed by atoms with Gasteiger partial charge in [-0.2, -0.15) is 0 Å². The third-order valence-corrected chi connectivity index (χ3v) is 14.3. The molecular formula is C44H68NNaO12. The average Bonchev–Trinajstić information content (AvgIpc) is 3.87. The number of nitrogens with one attached hydrogen (secondary N) is 1. The first-order chi connectivity index (χ1) is 26.8. The molecule has 0 bridgehead atoms. The zero-order valence-electron chi connectivity index (χ0n) is 36.4. The molecule has 1 aromatic rings. The normalized spacial score (nSPS) is 43.0. The Balaban J connectivity index is 0.00000641. The van der Waals surface area contributed by atoms with Crippen LogP contribution in [0.5, 0.6) is 0 Å². The molecule has 0 radical (unpaired) electrons. The van der Waals surface area contributed by atoms with Gasteiger partial charge in [-0.05, 0) is 69.8 Å². The number of hydrogen-bond acceptors (Lipinski definition) is 12. The SMILES string of the molecule is COC(C(C)C(=O)[O-])C(C)C1OC2(CCC(C)(C3CCC(C)(C4OC(C5OC(O)(COC(=O)NCCc6ccccc6)C(C)CC5C)CC4C)O3)O2)CC(O)C1C.[Na+]. The molecule has 5 saturated heterocycles. The predicted molar refractivity (Wildman–Crippen MR) is 207 cm³/mol. The third-order valence-electron chi connectivity index (χ3n) is 14.3. The molecule has 14 heteroatoms. The summed E-state index contributed by atoms with van der Waals surface area (Å²) in [5.41, 5.74) is -0.180. The molecule has 5 heterocycles. The van der Waals surface area contributed by atoms with Crippen LogP contribution in [0, 0.1) is 35.5 Å². The molecule has 1 aromatic carbocycles. The molecular weight excluding hydrogens is 757 g/mol. The maximum atomic E-state index is 12.6. The van der Waals surface area contributed by atoms with Gasteiger partial charge in [0, 0.05) is 56.1 Å². The Morgan fingerprint density at radius 1 is 0.983 bits per heavy atom. The maximum Gasteiger partial charge on any atom is 1.00 e. The number of carbonyl (C=O) groups excluding carboxylic acids is 2. The first-order valence-corrected chi connectivity index (χ1v) is 21.3. The van der Waals surface area contributed by atoms with E-state index >= 15 is 0 Å². The number of carboxylic acids is 1. The topological polar surface area (TPSA) is 174 Å². The number of hydrogen-bond donors (Lipinski definition) is 3. The van der Waals surface area contributed by atoms with Crippen LogP contribution in [-0.2, 0) is 44.4 Å². The van der Waals surface area contributed by atoms with Crippen LogP contribution >= 0.6 is 0 Å². The first-order valence-electron chi connectivity index (χ1n) is 21.3. The van der Waals surface area contributed by atoms with Crippen molar-refractivity contribution in [3.05, 3.63) is 35.9 Å². The summed E-state index contributed by atoms with van der Waals surface area (Å²) in [6.45, 7) is 15.9. The molecule has 5 fully saturated rings. The molecule has 58 heavy (non-hydrogen) atoms. The van der Waals surface area contributed by atoms with E-state index in [1.165, 1.54) is 7.11 Å². The van der Waals surface area contributed by atoms with Crippen LogP contribution in [0.15, 0.2) is 30.3 Å². The van der Waals surface area contributed by atoms with Crippen molar-refractivity contribution in [3.63, 3.8) is 0 Å². The number of benzene rings is 1. The van der Waals surface area contributed by atoms with Gasteiger partial charge in [0.05, 0.1) is 53.9 Å². The summed E-state index contributed by atoms with van der Waals surface area (Å²) in [6.07, 6.45) is 1.52. The van der Waals surface area contributed by atoms with Crippen molar-refractivity contribution < 1.29 is 87.6 Å². The minimum atomic E-state index is -1.65. The summed E-state index contributed by atoms with van der Waals surface area (Å²) in [6, 6.07) is 9.88. The number of rotatable bonds is 13. The minimum absolute atomic E-state index is 0. The van der Waals surface area contributed by atoms with Crippen LogP contribution in [0.2, 0.25) is 0 Å². The Morgan fingerprint density at radius 3 is 2.36 bits per heavy atom. The Bertz CT molecular complexity index is 1540. The van der Waals surface area contributed by atoms with E-state index in [1.54, 1.807) is 6.92 Å². The molecule has 13 nitrogen and oxygen atoms in total. The molecule has 0 saturated carbocycles. The summed E-state index contributed by atoms with van der Waals surface area (Å²) in [7, 11) is 1.49. The molecule has 3 N–H and O–H groups in total. The molecule has 0 aromatic heterocycles. The fourth-order valence-electron chi connectivity index (χ4n) is 10.8. The van der Waals surface area contributed by atoms with E-state index in [9.17, 15) is 24.9 Å². The van der Waals surface area contributed by atoms with Gasteiger partial charge in [-0.15, -0.1) is 0 Å².